The normalized spacial score (nSPS) is 17.7. The summed E-state index contributed by atoms with van der Waals surface area (Å²) in [4.78, 5) is 12.6. The highest BCUT2D eigenvalue weighted by Gasteiger charge is 2.34. The average Bonchev–Trinajstić information content (AvgIpc) is 2.70. The molecular weight excluding hydrogens is 463 g/mol. The second-order valence-electron chi connectivity index (χ2n) is 6.82. The minimum atomic E-state index is -3.75. The van der Waals surface area contributed by atoms with Crippen LogP contribution in [0.4, 0.5) is 10.1 Å². The maximum Gasteiger partial charge on any atom is 0.243 e. The number of carbonyl (C=O) groups excluding carboxylic acids is 1. The van der Waals surface area contributed by atoms with Gasteiger partial charge in [-0.3, -0.25) is 4.79 Å². The van der Waals surface area contributed by atoms with Crippen LogP contribution in [0.5, 0.6) is 5.75 Å². The molecule has 1 saturated heterocycles. The maximum atomic E-state index is 14.0. The number of sulfonamides is 1. The summed E-state index contributed by atoms with van der Waals surface area (Å²) in [6.45, 7) is 0.346. The predicted molar refractivity (Wildman–Crippen MR) is 112 cm³/mol. The zero-order valence-electron chi connectivity index (χ0n) is 15.9. The van der Waals surface area contributed by atoms with Crippen LogP contribution in [0.15, 0.2) is 51.8 Å². The van der Waals surface area contributed by atoms with Crippen molar-refractivity contribution in [3.05, 3.63) is 52.8 Å². The second kappa shape index (κ2) is 9.23. The number of benzene rings is 2. The number of hydrogen-bond donors (Lipinski definition) is 1. The first kappa shape index (κ1) is 21.7. The zero-order chi connectivity index (χ0) is 21.0. The van der Waals surface area contributed by atoms with E-state index in [-0.39, 0.29) is 17.0 Å². The van der Waals surface area contributed by atoms with E-state index in [1.54, 1.807) is 18.2 Å². The molecule has 0 spiro atoms. The summed E-state index contributed by atoms with van der Waals surface area (Å²) in [6.07, 6.45) is 2.10. The van der Waals surface area contributed by atoms with Gasteiger partial charge < -0.3 is 10.1 Å². The quantitative estimate of drug-likeness (QED) is 0.667. The van der Waals surface area contributed by atoms with Gasteiger partial charge in [-0.15, -0.1) is 0 Å². The number of methoxy groups -OCH3 is 1. The third-order valence-corrected chi connectivity index (χ3v) is 7.32. The van der Waals surface area contributed by atoms with Gasteiger partial charge in [0.1, 0.15) is 11.6 Å². The van der Waals surface area contributed by atoms with E-state index in [1.807, 2.05) is 0 Å². The van der Waals surface area contributed by atoms with Crippen LogP contribution in [0.3, 0.4) is 0 Å². The molecule has 0 saturated carbocycles. The third-order valence-electron chi connectivity index (χ3n) is 4.87. The highest BCUT2D eigenvalue weighted by molar-refractivity contribution is 9.10. The molecule has 1 amide bonds. The number of rotatable bonds is 6. The Labute approximate surface area is 178 Å². The van der Waals surface area contributed by atoms with Gasteiger partial charge in [-0.1, -0.05) is 22.4 Å². The van der Waals surface area contributed by atoms with Crippen molar-refractivity contribution in [1.82, 2.24) is 4.31 Å². The summed E-state index contributed by atoms with van der Waals surface area (Å²) in [5.74, 6) is -0.415. The van der Waals surface area contributed by atoms with Gasteiger partial charge in [0.15, 0.2) is 0 Å². The Morgan fingerprint density at radius 1 is 1.24 bits per heavy atom. The van der Waals surface area contributed by atoms with Crippen LogP contribution >= 0.6 is 15.9 Å². The van der Waals surface area contributed by atoms with Crippen molar-refractivity contribution in [2.45, 2.75) is 36.6 Å². The zero-order valence-corrected chi connectivity index (χ0v) is 18.3. The molecule has 2 aromatic carbocycles. The smallest absolute Gasteiger partial charge is 0.243 e. The number of nitrogens with zero attached hydrogens (tertiary/aromatic N) is 1. The molecule has 6 nitrogen and oxygen atoms in total. The molecule has 1 aliphatic heterocycles. The molecule has 1 atom stereocenters. The van der Waals surface area contributed by atoms with Crippen molar-refractivity contribution >= 4 is 37.5 Å². The average molecular weight is 485 g/mol. The van der Waals surface area contributed by atoms with E-state index >= 15 is 0 Å². The molecule has 9 heteroatoms. The number of nitrogens with one attached hydrogen (secondary N) is 1. The van der Waals surface area contributed by atoms with Crippen LogP contribution < -0.4 is 10.1 Å². The Morgan fingerprint density at radius 2 is 1.97 bits per heavy atom. The number of piperidine rings is 1. The van der Waals surface area contributed by atoms with E-state index in [9.17, 15) is 17.6 Å². The Hall–Kier alpha value is -1.97. The summed E-state index contributed by atoms with van der Waals surface area (Å²) in [7, 11) is -2.24. The van der Waals surface area contributed by atoms with Crippen LogP contribution in [-0.2, 0) is 14.8 Å². The Morgan fingerprint density at radius 3 is 2.62 bits per heavy atom. The first-order valence-electron chi connectivity index (χ1n) is 9.22. The highest BCUT2D eigenvalue weighted by atomic mass is 79.9. The Kier molecular flexibility index (Phi) is 6.92. The number of halogens is 2. The molecule has 0 bridgehead atoms. The molecule has 29 heavy (non-hydrogen) atoms. The van der Waals surface area contributed by atoms with E-state index in [0.717, 1.165) is 12.8 Å². The van der Waals surface area contributed by atoms with Crippen molar-refractivity contribution in [2.75, 3.05) is 19.0 Å². The molecule has 1 aliphatic rings. The molecule has 156 valence electrons. The molecular formula is C20H22BrFN2O4S. The van der Waals surface area contributed by atoms with E-state index in [4.69, 9.17) is 4.74 Å². The summed E-state index contributed by atoms with van der Waals surface area (Å²) < 4.78 is 47.2. The maximum absolute atomic E-state index is 14.0. The van der Waals surface area contributed by atoms with E-state index < -0.39 is 27.8 Å². The fraction of sp³-hybridized carbons (Fsp3) is 0.350. The molecule has 0 aliphatic carbocycles. The van der Waals surface area contributed by atoms with Gasteiger partial charge in [-0.05, 0) is 55.3 Å². The highest BCUT2D eigenvalue weighted by Crippen LogP contribution is 2.28. The van der Waals surface area contributed by atoms with Crippen molar-refractivity contribution in [2.24, 2.45) is 0 Å². The van der Waals surface area contributed by atoms with E-state index in [1.165, 1.54) is 35.7 Å². The number of amides is 1. The van der Waals surface area contributed by atoms with Gasteiger partial charge >= 0.3 is 0 Å². The lowest BCUT2D eigenvalue weighted by Gasteiger charge is -2.34. The van der Waals surface area contributed by atoms with Gasteiger partial charge in [-0.2, -0.15) is 4.31 Å². The van der Waals surface area contributed by atoms with E-state index in [0.29, 0.717) is 23.2 Å². The van der Waals surface area contributed by atoms with Crippen molar-refractivity contribution in [3.63, 3.8) is 0 Å². The van der Waals surface area contributed by atoms with Crippen LogP contribution in [0.1, 0.15) is 25.7 Å². The van der Waals surface area contributed by atoms with Crippen LogP contribution in [0.2, 0.25) is 0 Å². The van der Waals surface area contributed by atoms with E-state index in [2.05, 4.69) is 21.2 Å². The summed E-state index contributed by atoms with van der Waals surface area (Å²) in [5, 5.41) is 2.54. The minimum absolute atomic E-state index is 0.0368. The van der Waals surface area contributed by atoms with Gasteiger partial charge in [0.25, 0.3) is 0 Å². The van der Waals surface area contributed by atoms with Gasteiger partial charge in [0.2, 0.25) is 15.9 Å². The second-order valence-corrected chi connectivity index (χ2v) is 9.62. The van der Waals surface area contributed by atoms with Crippen molar-refractivity contribution < 1.29 is 22.3 Å². The predicted octanol–water partition coefficient (Wildman–Crippen LogP) is 4.17. The first-order chi connectivity index (χ1) is 13.8. The molecule has 1 heterocycles. The Balaban J connectivity index is 1.75. The Bertz CT molecular complexity index is 982. The van der Waals surface area contributed by atoms with Gasteiger partial charge in [0.05, 0.1) is 17.7 Å². The van der Waals surface area contributed by atoms with Crippen LogP contribution in [0.25, 0.3) is 0 Å². The van der Waals surface area contributed by atoms with Crippen LogP contribution in [0, 0.1) is 5.82 Å². The molecule has 1 fully saturated rings. The molecule has 0 aromatic heterocycles. The fourth-order valence-corrected chi connectivity index (χ4v) is 5.41. The lowest BCUT2D eigenvalue weighted by molar-refractivity contribution is -0.117. The topological polar surface area (TPSA) is 75.7 Å². The number of ether oxygens (including phenoxy) is 1. The van der Waals surface area contributed by atoms with Crippen molar-refractivity contribution in [3.8, 4) is 5.75 Å². The summed E-state index contributed by atoms with van der Waals surface area (Å²) >= 11 is 3.17. The van der Waals surface area contributed by atoms with Crippen LogP contribution in [-0.4, -0.2) is 38.3 Å². The minimum Gasteiger partial charge on any atom is -0.497 e. The monoisotopic (exact) mass is 484 g/mol. The van der Waals surface area contributed by atoms with Crippen molar-refractivity contribution in [1.29, 1.82) is 0 Å². The number of anilines is 1. The largest absolute Gasteiger partial charge is 0.497 e. The first-order valence-corrected chi connectivity index (χ1v) is 11.5. The lowest BCUT2D eigenvalue weighted by Crippen LogP contribution is -2.45. The fourth-order valence-electron chi connectivity index (χ4n) is 3.38. The molecule has 1 N–H and O–H groups in total. The SMILES string of the molecule is COc1ccc(S(=O)(=O)N2CCCCC2CC(=O)Nc2ccc(Br)cc2F)cc1. The molecule has 1 unspecified atom stereocenters. The third kappa shape index (κ3) is 5.15. The van der Waals surface area contributed by atoms with Gasteiger partial charge in [0, 0.05) is 23.5 Å². The molecule has 3 rings (SSSR count). The van der Waals surface area contributed by atoms with Gasteiger partial charge in [-0.25, -0.2) is 12.8 Å². The lowest BCUT2D eigenvalue weighted by atomic mass is 10.0. The summed E-state index contributed by atoms with van der Waals surface area (Å²) in [6, 6.07) is 10.0. The summed E-state index contributed by atoms with van der Waals surface area (Å²) in [5.41, 5.74) is 0.0681. The molecule has 2 aromatic rings. The number of hydrogen-bond acceptors (Lipinski definition) is 4. The number of carbonyl (C=O) groups is 1. The standard InChI is InChI=1S/C20H22BrFN2O4S/c1-28-16-6-8-17(9-7-16)29(26,27)24-11-3-2-4-15(24)13-20(25)23-19-10-5-14(21)12-18(19)22/h5-10,12,15H,2-4,11,13H2,1H3,(H,23,25). The molecule has 0 radical (unpaired) electrons.